The number of halogens is 1. The highest BCUT2D eigenvalue weighted by Gasteiger charge is 2.22. The fourth-order valence-electron chi connectivity index (χ4n) is 3.43. The molecule has 1 aliphatic heterocycles. The van der Waals surface area contributed by atoms with Crippen LogP contribution < -0.4 is 16.4 Å². The van der Waals surface area contributed by atoms with Gasteiger partial charge >= 0.3 is 0 Å². The number of nitrogen functional groups attached to an aromatic ring is 1. The molecule has 0 radical (unpaired) electrons. The summed E-state index contributed by atoms with van der Waals surface area (Å²) in [6.07, 6.45) is 2.59. The maximum absolute atomic E-state index is 11.7. The molecule has 6 nitrogen and oxygen atoms in total. The van der Waals surface area contributed by atoms with Crippen molar-refractivity contribution in [2.45, 2.75) is 38.6 Å². The predicted octanol–water partition coefficient (Wildman–Crippen LogP) is 2.95. The first-order valence-electron chi connectivity index (χ1n) is 9.15. The zero-order valence-corrected chi connectivity index (χ0v) is 16.3. The maximum Gasteiger partial charge on any atom is 0.219 e. The molecule has 146 valence electrons. The van der Waals surface area contributed by atoms with Crippen molar-refractivity contribution in [3.05, 3.63) is 41.5 Å². The van der Waals surface area contributed by atoms with Crippen molar-refractivity contribution in [2.24, 2.45) is 0 Å². The van der Waals surface area contributed by atoms with Crippen LogP contribution in [-0.4, -0.2) is 29.1 Å². The molecular weight excluding hydrogens is 364 g/mol. The number of hydrogen-bond acceptors (Lipinski definition) is 5. The second kappa shape index (κ2) is 9.58. The number of benzene rings is 1. The number of amides is 1. The topological polar surface area (TPSA) is 100 Å². The summed E-state index contributed by atoms with van der Waals surface area (Å²) in [5.41, 5.74) is 9.57. The van der Waals surface area contributed by atoms with Gasteiger partial charge in [-0.2, -0.15) is 0 Å². The lowest BCUT2D eigenvalue weighted by molar-refractivity contribution is -0.120. The van der Waals surface area contributed by atoms with Gasteiger partial charge in [0.15, 0.2) is 0 Å². The van der Waals surface area contributed by atoms with E-state index in [4.69, 9.17) is 5.73 Å². The summed E-state index contributed by atoms with van der Waals surface area (Å²) in [7, 11) is 0. The lowest BCUT2D eigenvalue weighted by Crippen LogP contribution is -2.30. The van der Waals surface area contributed by atoms with Crippen molar-refractivity contribution in [1.29, 1.82) is 0 Å². The number of nitrogens with two attached hydrogens (primary N) is 1. The first kappa shape index (κ1) is 21.0. The zero-order chi connectivity index (χ0) is 18.5. The first-order chi connectivity index (χ1) is 12.6. The second-order valence-electron chi connectivity index (χ2n) is 6.65. The fourth-order valence-corrected chi connectivity index (χ4v) is 3.43. The van der Waals surface area contributed by atoms with Gasteiger partial charge in [-0.25, -0.2) is 4.98 Å². The molecule has 5 N–H and O–H groups in total. The Morgan fingerprint density at radius 3 is 2.85 bits per heavy atom. The molecule has 3 rings (SSSR count). The Balaban J connectivity index is 0.00000261. The number of phenolic OH excluding ortho intramolecular Hbond substituents is 1. The van der Waals surface area contributed by atoms with E-state index >= 15 is 0 Å². The average molecular weight is 391 g/mol. The third-order valence-corrected chi connectivity index (χ3v) is 4.89. The summed E-state index contributed by atoms with van der Waals surface area (Å²) in [6.45, 7) is 4.09. The van der Waals surface area contributed by atoms with E-state index in [1.807, 2.05) is 25.1 Å². The third kappa shape index (κ3) is 4.90. The Labute approximate surface area is 166 Å². The number of nitrogens with one attached hydrogen (secondary N) is 2. The van der Waals surface area contributed by atoms with Crippen molar-refractivity contribution in [3.8, 4) is 17.0 Å². The van der Waals surface area contributed by atoms with E-state index in [9.17, 15) is 9.90 Å². The summed E-state index contributed by atoms with van der Waals surface area (Å²) < 4.78 is 0. The van der Waals surface area contributed by atoms with E-state index in [0.717, 1.165) is 37.1 Å². The quantitative estimate of drug-likeness (QED) is 0.629. The van der Waals surface area contributed by atoms with Crippen LogP contribution in [0.15, 0.2) is 30.3 Å². The highest BCUT2D eigenvalue weighted by Crippen LogP contribution is 2.35. The summed E-state index contributed by atoms with van der Waals surface area (Å²) in [5, 5.41) is 16.5. The minimum absolute atomic E-state index is 0. The van der Waals surface area contributed by atoms with E-state index in [-0.39, 0.29) is 24.1 Å². The number of aromatic nitrogens is 1. The maximum atomic E-state index is 11.7. The van der Waals surface area contributed by atoms with Crippen molar-refractivity contribution in [1.82, 2.24) is 15.6 Å². The van der Waals surface area contributed by atoms with Gasteiger partial charge in [-0.3, -0.25) is 4.79 Å². The van der Waals surface area contributed by atoms with Gasteiger partial charge in [0.1, 0.15) is 11.6 Å². The number of carbonyl (C=O) groups excluding carboxylic acids is 1. The van der Waals surface area contributed by atoms with Crippen LogP contribution in [0, 0.1) is 0 Å². The number of piperidine rings is 1. The average Bonchev–Trinajstić information content (AvgIpc) is 2.67. The molecule has 0 spiro atoms. The number of nitrogens with zero attached hydrogens (tertiary/aromatic N) is 1. The van der Waals surface area contributed by atoms with Crippen LogP contribution in [0.3, 0.4) is 0 Å². The van der Waals surface area contributed by atoms with E-state index < -0.39 is 0 Å². The van der Waals surface area contributed by atoms with Gasteiger partial charge in [0.2, 0.25) is 5.91 Å². The van der Waals surface area contributed by atoms with Gasteiger partial charge in [-0.1, -0.05) is 19.1 Å². The zero-order valence-electron chi connectivity index (χ0n) is 15.5. The molecule has 0 bridgehead atoms. The normalized spacial score (nSPS) is 16.4. The van der Waals surface area contributed by atoms with Crippen LogP contribution in [0.1, 0.15) is 43.2 Å². The van der Waals surface area contributed by atoms with Gasteiger partial charge in [0.05, 0.1) is 5.69 Å². The number of phenols is 1. The van der Waals surface area contributed by atoms with Crippen LogP contribution in [0.4, 0.5) is 5.82 Å². The van der Waals surface area contributed by atoms with Crippen LogP contribution in [0.5, 0.6) is 5.75 Å². The molecule has 1 saturated heterocycles. The molecular formula is C20H27ClN4O2. The molecule has 7 heteroatoms. The van der Waals surface area contributed by atoms with E-state index in [2.05, 4.69) is 15.6 Å². The molecule has 1 fully saturated rings. The highest BCUT2D eigenvalue weighted by molar-refractivity contribution is 5.85. The largest absolute Gasteiger partial charge is 0.507 e. The van der Waals surface area contributed by atoms with Gasteiger partial charge in [-0.15, -0.1) is 12.4 Å². The number of anilines is 1. The minimum Gasteiger partial charge on any atom is -0.507 e. The summed E-state index contributed by atoms with van der Waals surface area (Å²) in [6, 6.07) is 9.13. The Hall–Kier alpha value is -2.31. The molecule has 1 aromatic carbocycles. The van der Waals surface area contributed by atoms with Crippen molar-refractivity contribution < 1.29 is 9.90 Å². The summed E-state index contributed by atoms with van der Waals surface area (Å²) in [4.78, 5) is 16.2. The van der Waals surface area contributed by atoms with E-state index in [0.29, 0.717) is 36.0 Å². The summed E-state index contributed by atoms with van der Waals surface area (Å²) in [5.74, 6) is 0.885. The van der Waals surface area contributed by atoms with Gasteiger partial charge < -0.3 is 21.5 Å². The van der Waals surface area contributed by atoms with Crippen molar-refractivity contribution >= 4 is 24.1 Å². The van der Waals surface area contributed by atoms with Crippen LogP contribution in [-0.2, 0) is 11.3 Å². The van der Waals surface area contributed by atoms with Crippen LogP contribution in [0.2, 0.25) is 0 Å². The van der Waals surface area contributed by atoms with E-state index in [1.54, 1.807) is 12.1 Å². The molecule has 2 aromatic rings. The molecule has 0 aliphatic carbocycles. The third-order valence-electron chi connectivity index (χ3n) is 4.89. The first-order valence-corrected chi connectivity index (χ1v) is 9.15. The van der Waals surface area contributed by atoms with Crippen LogP contribution >= 0.6 is 12.4 Å². The monoisotopic (exact) mass is 390 g/mol. The molecule has 2 heterocycles. The Morgan fingerprint density at radius 1 is 1.41 bits per heavy atom. The molecule has 1 aromatic heterocycles. The standard InChI is InChI=1S/C20H26N4O2.ClH/c1-2-19(26)23-12-16-15(13-6-5-9-22-11-13)10-17(24-20(16)21)14-7-3-4-8-18(14)25;/h3-4,7-8,10,13,22,25H,2,5-6,9,11-12H2,1H3,(H2,21,24)(H,23,26);1H. The number of hydrogen-bond donors (Lipinski definition) is 4. The Bertz CT molecular complexity index is 792. The van der Waals surface area contributed by atoms with Crippen molar-refractivity contribution in [2.75, 3.05) is 18.8 Å². The van der Waals surface area contributed by atoms with Crippen molar-refractivity contribution in [3.63, 3.8) is 0 Å². The van der Waals surface area contributed by atoms with E-state index in [1.165, 1.54) is 0 Å². The molecule has 27 heavy (non-hydrogen) atoms. The molecule has 1 atom stereocenters. The highest BCUT2D eigenvalue weighted by atomic mass is 35.5. The van der Waals surface area contributed by atoms with Gasteiger partial charge in [0, 0.05) is 30.6 Å². The molecule has 0 saturated carbocycles. The Morgan fingerprint density at radius 2 is 2.19 bits per heavy atom. The minimum atomic E-state index is -0.0121. The number of para-hydroxylation sites is 1. The second-order valence-corrected chi connectivity index (χ2v) is 6.65. The van der Waals surface area contributed by atoms with Crippen LogP contribution in [0.25, 0.3) is 11.3 Å². The number of aromatic hydroxyl groups is 1. The molecule has 1 aliphatic rings. The SMILES string of the molecule is CCC(=O)NCc1c(C2CCCNC2)cc(-c2ccccc2O)nc1N.Cl. The fraction of sp³-hybridized carbons (Fsp3) is 0.400. The molecule has 1 unspecified atom stereocenters. The summed E-state index contributed by atoms with van der Waals surface area (Å²) >= 11 is 0. The lowest BCUT2D eigenvalue weighted by atomic mass is 9.87. The lowest BCUT2D eigenvalue weighted by Gasteiger charge is -2.26. The van der Waals surface area contributed by atoms with Gasteiger partial charge in [-0.05, 0) is 49.1 Å². The Kier molecular flexibility index (Phi) is 7.45. The molecule has 1 amide bonds. The number of carbonyl (C=O) groups is 1. The van der Waals surface area contributed by atoms with Gasteiger partial charge in [0.25, 0.3) is 0 Å². The predicted molar refractivity (Wildman–Crippen MR) is 110 cm³/mol. The smallest absolute Gasteiger partial charge is 0.219 e. The number of rotatable bonds is 5. The number of pyridine rings is 1.